The third-order valence-corrected chi connectivity index (χ3v) is 7.00. The van der Waals surface area contributed by atoms with E-state index in [0.717, 1.165) is 35.7 Å². The highest BCUT2D eigenvalue weighted by molar-refractivity contribution is 6.34. The molecular formula is C28H36ClN5O4. The molecule has 10 heteroatoms. The first-order chi connectivity index (χ1) is 18.4. The number of hydrogen-bond donors (Lipinski definition) is 1. The monoisotopic (exact) mass is 541 g/mol. The second kappa shape index (κ2) is 13.1. The van der Waals surface area contributed by atoms with Gasteiger partial charge in [0.2, 0.25) is 0 Å². The van der Waals surface area contributed by atoms with Crippen LogP contribution in [0.1, 0.15) is 37.4 Å². The number of benzene rings is 2. The minimum atomic E-state index is -0.325. The number of carbonyl (C=O) groups is 2. The van der Waals surface area contributed by atoms with Crippen LogP contribution in [0.15, 0.2) is 53.6 Å². The van der Waals surface area contributed by atoms with Crippen LogP contribution in [0.2, 0.25) is 5.02 Å². The molecular weight excluding hydrogens is 506 g/mol. The van der Waals surface area contributed by atoms with Crippen molar-refractivity contribution in [3.8, 4) is 5.75 Å². The molecule has 1 fully saturated rings. The lowest BCUT2D eigenvalue weighted by atomic mass is 9.98. The molecule has 1 atom stereocenters. The molecule has 38 heavy (non-hydrogen) atoms. The minimum Gasteiger partial charge on any atom is -0.497 e. The Morgan fingerprint density at radius 2 is 1.87 bits per heavy atom. The molecule has 9 nitrogen and oxygen atoms in total. The molecule has 2 aromatic rings. The SMILES string of the molecule is COc1ccc([C@H]2CC(c3ccccc3Cl)=NN2C(=O)CN(CCN2CCOCC2)C(=O)NC(C)C)cc1. The Labute approximate surface area is 229 Å². The maximum Gasteiger partial charge on any atom is 0.318 e. The van der Waals surface area contributed by atoms with Crippen molar-refractivity contribution in [1.29, 1.82) is 0 Å². The maximum absolute atomic E-state index is 13.8. The minimum absolute atomic E-state index is 0.0489. The number of amides is 3. The van der Waals surface area contributed by atoms with Gasteiger partial charge in [-0.15, -0.1) is 0 Å². The van der Waals surface area contributed by atoms with Gasteiger partial charge in [-0.2, -0.15) is 5.10 Å². The van der Waals surface area contributed by atoms with Gasteiger partial charge < -0.3 is 19.7 Å². The number of hydrogen-bond acceptors (Lipinski definition) is 6. The van der Waals surface area contributed by atoms with E-state index in [0.29, 0.717) is 37.7 Å². The van der Waals surface area contributed by atoms with Gasteiger partial charge >= 0.3 is 6.03 Å². The van der Waals surface area contributed by atoms with Gasteiger partial charge in [-0.05, 0) is 37.6 Å². The first-order valence-electron chi connectivity index (χ1n) is 13.0. The van der Waals surface area contributed by atoms with Crippen molar-refractivity contribution in [3.63, 3.8) is 0 Å². The predicted octanol–water partition coefficient (Wildman–Crippen LogP) is 3.78. The van der Waals surface area contributed by atoms with E-state index in [1.54, 1.807) is 12.0 Å². The lowest BCUT2D eigenvalue weighted by molar-refractivity contribution is -0.133. The fourth-order valence-electron chi connectivity index (χ4n) is 4.60. The Morgan fingerprint density at radius 3 is 2.53 bits per heavy atom. The highest BCUT2D eigenvalue weighted by atomic mass is 35.5. The topological polar surface area (TPSA) is 86.7 Å². The van der Waals surface area contributed by atoms with Gasteiger partial charge in [0, 0.05) is 49.2 Å². The molecule has 0 bridgehead atoms. The number of urea groups is 1. The molecule has 0 saturated carbocycles. The summed E-state index contributed by atoms with van der Waals surface area (Å²) in [5.74, 6) is 0.477. The van der Waals surface area contributed by atoms with Crippen LogP contribution in [0.4, 0.5) is 4.79 Å². The molecule has 2 aliphatic heterocycles. The van der Waals surface area contributed by atoms with Gasteiger partial charge in [0.05, 0.1) is 32.1 Å². The van der Waals surface area contributed by atoms with Crippen molar-refractivity contribution in [1.82, 2.24) is 20.1 Å². The molecule has 2 heterocycles. The molecule has 0 radical (unpaired) electrons. The molecule has 0 unspecified atom stereocenters. The molecule has 2 aliphatic rings. The van der Waals surface area contributed by atoms with E-state index in [1.165, 1.54) is 5.01 Å². The number of carbonyl (C=O) groups excluding carboxylic acids is 2. The molecule has 0 spiro atoms. The zero-order chi connectivity index (χ0) is 27.1. The normalized spacial score (nSPS) is 17.9. The number of ether oxygens (including phenoxy) is 2. The second-order valence-corrected chi connectivity index (χ2v) is 10.1. The average molecular weight is 542 g/mol. The average Bonchev–Trinajstić information content (AvgIpc) is 3.37. The molecule has 204 valence electrons. The lowest BCUT2D eigenvalue weighted by Gasteiger charge is -2.31. The van der Waals surface area contributed by atoms with Crippen molar-refractivity contribution < 1.29 is 19.1 Å². The van der Waals surface area contributed by atoms with Crippen LogP contribution < -0.4 is 10.1 Å². The summed E-state index contributed by atoms with van der Waals surface area (Å²) in [5, 5.41) is 9.76. The Balaban J connectivity index is 1.57. The van der Waals surface area contributed by atoms with Crippen LogP contribution in [0.5, 0.6) is 5.75 Å². The van der Waals surface area contributed by atoms with E-state index in [2.05, 4.69) is 10.2 Å². The predicted molar refractivity (Wildman–Crippen MR) is 148 cm³/mol. The Morgan fingerprint density at radius 1 is 1.16 bits per heavy atom. The van der Waals surface area contributed by atoms with Crippen LogP contribution in [-0.2, 0) is 9.53 Å². The first kappa shape index (κ1) is 27.9. The molecule has 1 N–H and O–H groups in total. The van der Waals surface area contributed by atoms with Crippen LogP contribution in [0.3, 0.4) is 0 Å². The highest BCUT2D eigenvalue weighted by Gasteiger charge is 2.35. The fraction of sp³-hybridized carbons (Fsp3) is 0.464. The zero-order valence-electron chi connectivity index (χ0n) is 22.2. The van der Waals surface area contributed by atoms with Crippen molar-refractivity contribution in [2.24, 2.45) is 5.10 Å². The third-order valence-electron chi connectivity index (χ3n) is 6.67. The summed E-state index contributed by atoms with van der Waals surface area (Å²) in [6, 6.07) is 14.5. The third kappa shape index (κ3) is 7.03. The van der Waals surface area contributed by atoms with Gasteiger partial charge in [-0.3, -0.25) is 9.69 Å². The summed E-state index contributed by atoms with van der Waals surface area (Å²) in [6.07, 6.45) is 0.508. The molecule has 2 aromatic carbocycles. The number of morpholine rings is 1. The van der Waals surface area contributed by atoms with Crippen molar-refractivity contribution in [3.05, 3.63) is 64.7 Å². The summed E-state index contributed by atoms with van der Waals surface area (Å²) >= 11 is 6.48. The first-order valence-corrected chi connectivity index (χ1v) is 13.4. The largest absolute Gasteiger partial charge is 0.497 e. The van der Waals surface area contributed by atoms with E-state index in [9.17, 15) is 9.59 Å². The summed E-state index contributed by atoms with van der Waals surface area (Å²) in [7, 11) is 1.62. The van der Waals surface area contributed by atoms with Gasteiger partial charge in [0.1, 0.15) is 12.3 Å². The zero-order valence-corrected chi connectivity index (χ0v) is 23.0. The van der Waals surface area contributed by atoms with Crippen molar-refractivity contribution in [2.75, 3.05) is 53.0 Å². The maximum atomic E-state index is 13.8. The Kier molecular flexibility index (Phi) is 9.60. The highest BCUT2D eigenvalue weighted by Crippen LogP contribution is 2.35. The van der Waals surface area contributed by atoms with Crippen LogP contribution in [0.25, 0.3) is 0 Å². The Hall–Kier alpha value is -3.14. The van der Waals surface area contributed by atoms with Gasteiger partial charge in [-0.25, -0.2) is 9.80 Å². The van der Waals surface area contributed by atoms with E-state index in [-0.39, 0.29) is 30.6 Å². The number of methoxy groups -OCH3 is 1. The fourth-order valence-corrected chi connectivity index (χ4v) is 4.84. The van der Waals surface area contributed by atoms with E-state index in [4.69, 9.17) is 26.2 Å². The lowest BCUT2D eigenvalue weighted by Crippen LogP contribution is -2.50. The second-order valence-electron chi connectivity index (χ2n) is 9.74. The molecule has 4 rings (SSSR count). The number of hydrazone groups is 1. The summed E-state index contributed by atoms with van der Waals surface area (Å²) in [6.45, 7) is 7.78. The van der Waals surface area contributed by atoms with Gasteiger partial charge in [0.15, 0.2) is 0 Å². The van der Waals surface area contributed by atoms with Gasteiger partial charge in [0.25, 0.3) is 5.91 Å². The summed E-state index contributed by atoms with van der Waals surface area (Å²) in [5.41, 5.74) is 2.46. The van der Waals surface area contributed by atoms with Gasteiger partial charge in [-0.1, -0.05) is 41.9 Å². The molecule has 0 aromatic heterocycles. The van der Waals surface area contributed by atoms with Crippen LogP contribution >= 0.6 is 11.6 Å². The van der Waals surface area contributed by atoms with Crippen molar-refractivity contribution in [2.45, 2.75) is 32.4 Å². The molecule has 0 aliphatic carbocycles. The van der Waals surface area contributed by atoms with Crippen molar-refractivity contribution >= 4 is 29.3 Å². The quantitative estimate of drug-likeness (QED) is 0.522. The number of nitrogens with zero attached hydrogens (tertiary/aromatic N) is 4. The summed E-state index contributed by atoms with van der Waals surface area (Å²) in [4.78, 5) is 30.7. The number of halogens is 1. The van der Waals surface area contributed by atoms with E-state index in [1.807, 2.05) is 62.4 Å². The van der Waals surface area contributed by atoms with Crippen LogP contribution in [-0.4, -0.2) is 91.5 Å². The standard InChI is InChI=1S/C28H36ClN5O4/c1-20(2)30-28(36)33(13-12-32-14-16-38-17-15-32)19-27(35)34-26(21-8-10-22(37-3)11-9-21)18-25(31-34)23-6-4-5-7-24(23)29/h4-11,20,26H,12-19H2,1-3H3,(H,30,36)/t26-/m1/s1. The van der Waals surface area contributed by atoms with E-state index < -0.39 is 0 Å². The molecule has 3 amide bonds. The van der Waals surface area contributed by atoms with Crippen LogP contribution in [0, 0.1) is 0 Å². The molecule has 1 saturated heterocycles. The number of rotatable bonds is 9. The Bertz CT molecular complexity index is 1130. The smallest absolute Gasteiger partial charge is 0.318 e. The van der Waals surface area contributed by atoms with E-state index >= 15 is 0 Å². The number of nitrogens with one attached hydrogen (secondary N) is 1. The summed E-state index contributed by atoms with van der Waals surface area (Å²) < 4.78 is 10.7.